The number of carbonyl (C=O) groups is 1. The normalized spacial score (nSPS) is 10.1. The Morgan fingerprint density at radius 3 is 2.56 bits per heavy atom. The molecule has 5 nitrogen and oxygen atoms in total. The number of rotatable bonds is 2. The lowest BCUT2D eigenvalue weighted by molar-refractivity contribution is 0.0961. The van der Waals surface area contributed by atoms with E-state index in [4.69, 9.17) is 11.6 Å². The molecule has 0 aliphatic heterocycles. The van der Waals surface area contributed by atoms with Gasteiger partial charge in [0.25, 0.3) is 11.5 Å². The summed E-state index contributed by atoms with van der Waals surface area (Å²) in [5.74, 6) is -0.0734. The number of aromatic amines is 1. The average molecular weight is 264 g/mol. The molecule has 0 bridgehead atoms. The summed E-state index contributed by atoms with van der Waals surface area (Å²) < 4.78 is 0. The van der Waals surface area contributed by atoms with Crippen LogP contribution in [0.5, 0.6) is 0 Å². The lowest BCUT2D eigenvalue weighted by Crippen LogP contribution is -2.27. The monoisotopic (exact) mass is 263 g/mol. The van der Waals surface area contributed by atoms with E-state index in [0.717, 1.165) is 5.56 Å². The minimum absolute atomic E-state index is 0.0183. The van der Waals surface area contributed by atoms with Gasteiger partial charge in [0.15, 0.2) is 0 Å². The van der Waals surface area contributed by atoms with Gasteiger partial charge in [-0.3, -0.25) is 9.59 Å². The summed E-state index contributed by atoms with van der Waals surface area (Å²) >= 11 is 5.77. The van der Waals surface area contributed by atoms with Gasteiger partial charge < -0.3 is 10.3 Å². The average Bonchev–Trinajstić information content (AvgIpc) is 2.38. The fraction of sp³-hybridized carbons (Fsp3) is 0.0833. The number of nitrogens with zero attached hydrogens (tertiary/aromatic N) is 1. The van der Waals surface area contributed by atoms with Crippen LogP contribution in [-0.4, -0.2) is 22.9 Å². The van der Waals surface area contributed by atoms with Gasteiger partial charge in [0, 0.05) is 23.8 Å². The van der Waals surface area contributed by atoms with E-state index in [2.05, 4.69) is 15.3 Å². The van der Waals surface area contributed by atoms with E-state index in [0.29, 0.717) is 10.8 Å². The van der Waals surface area contributed by atoms with Gasteiger partial charge in [-0.2, -0.15) is 0 Å². The van der Waals surface area contributed by atoms with Gasteiger partial charge >= 0.3 is 0 Å². The summed E-state index contributed by atoms with van der Waals surface area (Å²) in [6, 6.07) is 6.87. The molecule has 0 unspecified atom stereocenters. The highest BCUT2D eigenvalue weighted by atomic mass is 35.5. The zero-order valence-electron chi connectivity index (χ0n) is 9.53. The third-order valence-electron chi connectivity index (χ3n) is 2.39. The second-order valence-corrected chi connectivity index (χ2v) is 4.00. The highest BCUT2D eigenvalue weighted by molar-refractivity contribution is 6.30. The maximum atomic E-state index is 11.7. The topological polar surface area (TPSA) is 74.8 Å². The Balaban J connectivity index is 2.43. The zero-order valence-corrected chi connectivity index (χ0v) is 10.3. The quantitative estimate of drug-likeness (QED) is 0.861. The molecule has 6 heteroatoms. The third-order valence-corrected chi connectivity index (χ3v) is 2.64. The number of benzene rings is 1. The highest BCUT2D eigenvalue weighted by Crippen LogP contribution is 2.16. The minimum atomic E-state index is -0.477. The number of halogens is 1. The van der Waals surface area contributed by atoms with E-state index in [9.17, 15) is 9.59 Å². The summed E-state index contributed by atoms with van der Waals surface area (Å²) in [5.41, 5.74) is 0.226. The van der Waals surface area contributed by atoms with Crippen LogP contribution < -0.4 is 10.9 Å². The molecule has 2 N–H and O–H groups in total. The molecule has 0 saturated heterocycles. The van der Waals surface area contributed by atoms with E-state index < -0.39 is 11.5 Å². The van der Waals surface area contributed by atoms with Gasteiger partial charge in [-0.05, 0) is 24.3 Å². The molecule has 0 aliphatic carbocycles. The van der Waals surface area contributed by atoms with Crippen LogP contribution in [0.1, 0.15) is 10.4 Å². The van der Waals surface area contributed by atoms with Crippen molar-refractivity contribution in [2.75, 3.05) is 7.05 Å². The van der Waals surface area contributed by atoms with Crippen LogP contribution in [0.25, 0.3) is 11.4 Å². The van der Waals surface area contributed by atoms with Crippen molar-refractivity contribution in [3.8, 4) is 11.4 Å². The minimum Gasteiger partial charge on any atom is -0.355 e. The van der Waals surface area contributed by atoms with Crippen molar-refractivity contribution < 1.29 is 4.79 Å². The number of amides is 1. The van der Waals surface area contributed by atoms with Crippen LogP contribution in [-0.2, 0) is 0 Å². The van der Waals surface area contributed by atoms with Crippen molar-refractivity contribution in [3.63, 3.8) is 0 Å². The molecule has 92 valence electrons. The van der Waals surface area contributed by atoms with Crippen LogP contribution >= 0.6 is 11.6 Å². The first kappa shape index (κ1) is 12.3. The molecule has 18 heavy (non-hydrogen) atoms. The molecule has 1 aromatic carbocycles. The van der Waals surface area contributed by atoms with Crippen LogP contribution in [0.15, 0.2) is 35.3 Å². The van der Waals surface area contributed by atoms with Gasteiger partial charge in [0.05, 0.1) is 0 Å². The SMILES string of the molecule is CNC(=O)c1cnc(-c2ccc(Cl)cc2)[nH]c1=O. The molecule has 0 saturated carbocycles. The van der Waals surface area contributed by atoms with Crippen molar-refractivity contribution in [2.45, 2.75) is 0 Å². The van der Waals surface area contributed by atoms with Crippen LogP contribution in [0, 0.1) is 0 Å². The number of hydrogen-bond donors (Lipinski definition) is 2. The van der Waals surface area contributed by atoms with Crippen LogP contribution in [0.3, 0.4) is 0 Å². The molecule has 0 atom stereocenters. The summed E-state index contributed by atoms with van der Waals surface area (Å²) in [5, 5.41) is 2.97. The number of nitrogens with one attached hydrogen (secondary N) is 2. The molecule has 2 rings (SSSR count). The van der Waals surface area contributed by atoms with E-state index >= 15 is 0 Å². The van der Waals surface area contributed by atoms with E-state index in [1.54, 1.807) is 24.3 Å². The second-order valence-electron chi connectivity index (χ2n) is 3.56. The first-order valence-electron chi connectivity index (χ1n) is 5.19. The number of H-pyrrole nitrogens is 1. The van der Waals surface area contributed by atoms with Crippen molar-refractivity contribution >= 4 is 17.5 Å². The smallest absolute Gasteiger partial charge is 0.264 e. The van der Waals surface area contributed by atoms with Gasteiger partial charge in [0.1, 0.15) is 11.4 Å². The Labute approximate surface area is 108 Å². The number of carbonyl (C=O) groups excluding carboxylic acids is 1. The van der Waals surface area contributed by atoms with Gasteiger partial charge in [-0.1, -0.05) is 11.6 Å². The fourth-order valence-electron chi connectivity index (χ4n) is 1.45. The van der Waals surface area contributed by atoms with E-state index in [1.165, 1.54) is 13.2 Å². The molecule has 0 fully saturated rings. The zero-order chi connectivity index (χ0) is 13.1. The standard InChI is InChI=1S/C12H10ClN3O2/c1-14-11(17)9-6-15-10(16-12(9)18)7-2-4-8(13)5-3-7/h2-6H,1H3,(H,14,17)(H,15,16,18). The molecule has 0 spiro atoms. The molecule has 1 amide bonds. The number of aromatic nitrogens is 2. The summed E-state index contributed by atoms with van der Waals surface area (Å²) in [4.78, 5) is 29.6. The summed E-state index contributed by atoms with van der Waals surface area (Å²) in [6.45, 7) is 0. The lowest BCUT2D eigenvalue weighted by atomic mass is 10.2. The molecule has 0 radical (unpaired) electrons. The number of hydrogen-bond acceptors (Lipinski definition) is 3. The first-order valence-corrected chi connectivity index (χ1v) is 5.57. The van der Waals surface area contributed by atoms with Crippen LogP contribution in [0.2, 0.25) is 5.02 Å². The third kappa shape index (κ3) is 2.41. The van der Waals surface area contributed by atoms with E-state index in [1.807, 2.05) is 0 Å². The Kier molecular flexibility index (Phi) is 3.43. The van der Waals surface area contributed by atoms with Gasteiger partial charge in [-0.25, -0.2) is 4.98 Å². The van der Waals surface area contributed by atoms with Crippen molar-refractivity contribution in [2.24, 2.45) is 0 Å². The second kappa shape index (κ2) is 5.01. The lowest BCUT2D eigenvalue weighted by Gasteiger charge is -2.02. The maximum absolute atomic E-state index is 11.7. The Morgan fingerprint density at radius 2 is 2.00 bits per heavy atom. The molecule has 0 aliphatic rings. The van der Waals surface area contributed by atoms with Crippen molar-refractivity contribution in [1.29, 1.82) is 0 Å². The van der Waals surface area contributed by atoms with Crippen molar-refractivity contribution in [3.05, 3.63) is 51.4 Å². The molecule has 1 heterocycles. The first-order chi connectivity index (χ1) is 8.61. The highest BCUT2D eigenvalue weighted by Gasteiger charge is 2.10. The summed E-state index contributed by atoms with van der Waals surface area (Å²) in [7, 11) is 1.45. The predicted molar refractivity (Wildman–Crippen MR) is 68.7 cm³/mol. The Bertz CT molecular complexity index is 635. The Morgan fingerprint density at radius 1 is 1.33 bits per heavy atom. The maximum Gasteiger partial charge on any atom is 0.264 e. The molecular formula is C12H10ClN3O2. The van der Waals surface area contributed by atoms with Gasteiger partial charge in [0.2, 0.25) is 0 Å². The largest absolute Gasteiger partial charge is 0.355 e. The summed E-state index contributed by atoms with van der Waals surface area (Å²) in [6.07, 6.45) is 1.25. The fourth-order valence-corrected chi connectivity index (χ4v) is 1.57. The Hall–Kier alpha value is -2.14. The van der Waals surface area contributed by atoms with Crippen LogP contribution in [0.4, 0.5) is 0 Å². The molecule has 1 aromatic heterocycles. The molecule has 2 aromatic rings. The van der Waals surface area contributed by atoms with Crippen molar-refractivity contribution in [1.82, 2.24) is 15.3 Å². The molecular weight excluding hydrogens is 254 g/mol. The van der Waals surface area contributed by atoms with Gasteiger partial charge in [-0.15, -0.1) is 0 Å². The predicted octanol–water partition coefficient (Wildman–Crippen LogP) is 1.45. The van der Waals surface area contributed by atoms with E-state index in [-0.39, 0.29) is 5.56 Å².